The van der Waals surface area contributed by atoms with Gasteiger partial charge in [-0.2, -0.15) is 0 Å². The van der Waals surface area contributed by atoms with E-state index in [1.54, 1.807) is 0 Å². The maximum absolute atomic E-state index is 9.97. The quantitative estimate of drug-likeness (QED) is 0.685. The highest BCUT2D eigenvalue weighted by atomic mass is 16.6. The molecule has 3 fully saturated rings. The van der Waals surface area contributed by atoms with Gasteiger partial charge in [0, 0.05) is 5.92 Å². The van der Waals surface area contributed by atoms with Crippen molar-refractivity contribution in [2.75, 3.05) is 6.61 Å². The molecule has 1 N–H and O–H groups in total. The SMILES string of the molecule is CC1(C)O[C@@H]2CCO[C@@]23CCC[C@H](O)C[C@H]13. The molecule has 0 aromatic carbocycles. The Morgan fingerprint density at radius 3 is 2.88 bits per heavy atom. The highest BCUT2D eigenvalue weighted by Gasteiger charge is 2.63. The molecule has 3 rings (SSSR count). The summed E-state index contributed by atoms with van der Waals surface area (Å²) >= 11 is 0. The van der Waals surface area contributed by atoms with E-state index in [-0.39, 0.29) is 23.4 Å². The maximum Gasteiger partial charge on any atom is 0.1000 e. The third-order valence-electron chi connectivity index (χ3n) is 4.78. The van der Waals surface area contributed by atoms with Crippen molar-refractivity contribution < 1.29 is 14.6 Å². The Labute approximate surface area is 97.1 Å². The molecule has 4 atom stereocenters. The van der Waals surface area contributed by atoms with Crippen LogP contribution in [-0.2, 0) is 9.47 Å². The predicted octanol–water partition coefficient (Wildman–Crippen LogP) is 1.87. The summed E-state index contributed by atoms with van der Waals surface area (Å²) in [5.74, 6) is 0.352. The molecule has 3 heteroatoms. The Balaban J connectivity index is 1.97. The lowest BCUT2D eigenvalue weighted by Crippen LogP contribution is -2.44. The minimum absolute atomic E-state index is 0.0824. The molecule has 16 heavy (non-hydrogen) atoms. The number of hydrogen-bond acceptors (Lipinski definition) is 3. The van der Waals surface area contributed by atoms with Gasteiger partial charge < -0.3 is 14.6 Å². The van der Waals surface area contributed by atoms with Gasteiger partial charge in [0.15, 0.2) is 0 Å². The summed E-state index contributed by atoms with van der Waals surface area (Å²) in [4.78, 5) is 0. The number of aliphatic hydroxyl groups is 1. The predicted molar refractivity (Wildman–Crippen MR) is 60.2 cm³/mol. The molecule has 0 amide bonds. The van der Waals surface area contributed by atoms with Crippen molar-refractivity contribution in [3.8, 4) is 0 Å². The minimum Gasteiger partial charge on any atom is -0.393 e. The first-order chi connectivity index (χ1) is 7.55. The van der Waals surface area contributed by atoms with Crippen LogP contribution in [0, 0.1) is 5.92 Å². The van der Waals surface area contributed by atoms with Crippen molar-refractivity contribution in [2.24, 2.45) is 5.92 Å². The largest absolute Gasteiger partial charge is 0.393 e. The highest BCUT2D eigenvalue weighted by molar-refractivity contribution is 5.11. The molecule has 0 aromatic heterocycles. The summed E-state index contributed by atoms with van der Waals surface area (Å²) in [6.45, 7) is 5.13. The lowest BCUT2D eigenvalue weighted by Gasteiger charge is -2.35. The van der Waals surface area contributed by atoms with Crippen molar-refractivity contribution in [1.82, 2.24) is 0 Å². The third-order valence-corrected chi connectivity index (χ3v) is 4.78. The summed E-state index contributed by atoms with van der Waals surface area (Å²) in [7, 11) is 0. The Kier molecular flexibility index (Phi) is 2.36. The molecule has 1 saturated carbocycles. The maximum atomic E-state index is 9.97. The number of rotatable bonds is 0. The Morgan fingerprint density at radius 1 is 1.25 bits per heavy atom. The van der Waals surface area contributed by atoms with Gasteiger partial charge in [-0.15, -0.1) is 0 Å². The first-order valence-electron chi connectivity index (χ1n) is 6.54. The van der Waals surface area contributed by atoms with Gasteiger partial charge in [0.1, 0.15) is 0 Å². The number of hydrogen-bond donors (Lipinski definition) is 1. The molecule has 0 unspecified atom stereocenters. The zero-order valence-corrected chi connectivity index (χ0v) is 10.2. The fraction of sp³-hybridized carbons (Fsp3) is 1.00. The second-order valence-electron chi connectivity index (χ2n) is 6.14. The van der Waals surface area contributed by atoms with Crippen LogP contribution in [0.1, 0.15) is 46.0 Å². The lowest BCUT2D eigenvalue weighted by atomic mass is 9.74. The van der Waals surface area contributed by atoms with Crippen LogP contribution in [0.15, 0.2) is 0 Å². The van der Waals surface area contributed by atoms with Crippen LogP contribution in [0.3, 0.4) is 0 Å². The smallest absolute Gasteiger partial charge is 0.1000 e. The first kappa shape index (κ1) is 11.0. The van der Waals surface area contributed by atoms with Crippen LogP contribution in [-0.4, -0.2) is 35.1 Å². The topological polar surface area (TPSA) is 38.7 Å². The standard InChI is InChI=1S/C13H22O3/c1-12(2)10-8-9(14)4-3-6-13(10)11(16-12)5-7-15-13/h9-11,14H,3-8H2,1-2H3/t9-,10+,11+,13+/m0/s1. The van der Waals surface area contributed by atoms with Gasteiger partial charge in [0.05, 0.1) is 30.0 Å². The summed E-state index contributed by atoms with van der Waals surface area (Å²) in [5, 5.41) is 9.97. The van der Waals surface area contributed by atoms with E-state index in [1.165, 1.54) is 0 Å². The molecule has 1 aliphatic carbocycles. The van der Waals surface area contributed by atoms with Crippen LogP contribution in [0.4, 0.5) is 0 Å². The zero-order chi connectivity index (χ0) is 11.4. The molecule has 2 aliphatic heterocycles. The molecule has 0 radical (unpaired) electrons. The van der Waals surface area contributed by atoms with Crippen LogP contribution >= 0.6 is 0 Å². The van der Waals surface area contributed by atoms with Gasteiger partial charge >= 0.3 is 0 Å². The monoisotopic (exact) mass is 226 g/mol. The molecular formula is C13H22O3. The van der Waals surface area contributed by atoms with Gasteiger partial charge in [0.25, 0.3) is 0 Å². The van der Waals surface area contributed by atoms with E-state index in [1.807, 2.05) is 0 Å². The van der Waals surface area contributed by atoms with Crippen LogP contribution in [0.2, 0.25) is 0 Å². The van der Waals surface area contributed by atoms with E-state index in [0.29, 0.717) is 5.92 Å². The summed E-state index contributed by atoms with van der Waals surface area (Å²) in [6.07, 6.45) is 4.99. The minimum atomic E-state index is -0.171. The molecule has 1 spiro atoms. The molecule has 2 heterocycles. The van der Waals surface area contributed by atoms with Crippen LogP contribution in [0.25, 0.3) is 0 Å². The lowest BCUT2D eigenvalue weighted by molar-refractivity contribution is -0.0524. The van der Waals surface area contributed by atoms with Crippen molar-refractivity contribution in [1.29, 1.82) is 0 Å². The van der Waals surface area contributed by atoms with Gasteiger partial charge in [-0.05, 0) is 46.0 Å². The summed E-state index contributed by atoms with van der Waals surface area (Å²) in [5.41, 5.74) is -0.225. The van der Waals surface area contributed by atoms with Gasteiger partial charge in [-0.1, -0.05) is 0 Å². The second kappa shape index (κ2) is 3.44. The Bertz CT molecular complexity index is 289. The van der Waals surface area contributed by atoms with E-state index >= 15 is 0 Å². The average Bonchev–Trinajstić information content (AvgIpc) is 2.56. The highest BCUT2D eigenvalue weighted by Crippen LogP contribution is 2.55. The molecular weight excluding hydrogens is 204 g/mol. The fourth-order valence-electron chi connectivity index (χ4n) is 4.11. The zero-order valence-electron chi connectivity index (χ0n) is 10.2. The summed E-state index contributed by atoms with van der Waals surface area (Å²) in [6, 6.07) is 0. The van der Waals surface area contributed by atoms with Gasteiger partial charge in [0.2, 0.25) is 0 Å². The van der Waals surface area contributed by atoms with E-state index < -0.39 is 0 Å². The molecule has 0 aromatic rings. The fourth-order valence-corrected chi connectivity index (χ4v) is 4.11. The molecule has 0 bridgehead atoms. The molecule has 2 saturated heterocycles. The van der Waals surface area contributed by atoms with Crippen molar-refractivity contribution in [2.45, 2.75) is 69.4 Å². The molecule has 92 valence electrons. The van der Waals surface area contributed by atoms with E-state index in [4.69, 9.17) is 9.47 Å². The van der Waals surface area contributed by atoms with Crippen LogP contribution < -0.4 is 0 Å². The number of ether oxygens (including phenoxy) is 2. The van der Waals surface area contributed by atoms with Crippen molar-refractivity contribution in [3.05, 3.63) is 0 Å². The van der Waals surface area contributed by atoms with Crippen molar-refractivity contribution >= 4 is 0 Å². The Morgan fingerprint density at radius 2 is 2.06 bits per heavy atom. The second-order valence-corrected chi connectivity index (χ2v) is 6.14. The van der Waals surface area contributed by atoms with Gasteiger partial charge in [-0.25, -0.2) is 0 Å². The molecule has 3 nitrogen and oxygen atoms in total. The number of aliphatic hydroxyl groups excluding tert-OH is 1. The van der Waals surface area contributed by atoms with E-state index in [9.17, 15) is 5.11 Å². The average molecular weight is 226 g/mol. The van der Waals surface area contributed by atoms with E-state index in [0.717, 1.165) is 38.7 Å². The Hall–Kier alpha value is -0.120. The first-order valence-corrected chi connectivity index (χ1v) is 6.54. The van der Waals surface area contributed by atoms with E-state index in [2.05, 4.69) is 13.8 Å². The third kappa shape index (κ3) is 1.38. The van der Waals surface area contributed by atoms with Crippen molar-refractivity contribution in [3.63, 3.8) is 0 Å². The molecule has 3 aliphatic rings. The normalized spacial score (nSPS) is 50.8. The van der Waals surface area contributed by atoms with Gasteiger partial charge in [-0.3, -0.25) is 0 Å². The summed E-state index contributed by atoms with van der Waals surface area (Å²) < 4.78 is 12.3. The van der Waals surface area contributed by atoms with Crippen LogP contribution in [0.5, 0.6) is 0 Å².